The van der Waals surface area contributed by atoms with Gasteiger partial charge in [-0.3, -0.25) is 4.57 Å². The highest BCUT2D eigenvalue weighted by Gasteiger charge is 2.06. The van der Waals surface area contributed by atoms with Crippen LogP contribution in [0.5, 0.6) is 0 Å². The third-order valence-electron chi connectivity index (χ3n) is 3.97. The Morgan fingerprint density at radius 2 is 1.96 bits per heavy atom. The average Bonchev–Trinajstić information content (AvgIpc) is 3.30. The van der Waals surface area contributed by atoms with E-state index in [9.17, 15) is 4.39 Å². The Hall–Kier alpha value is -3.06. The number of aryl methyl sites for hydroxylation is 1. The standard InChI is InChI=1S/C19H16FN5S/c1-13-21-8-9-25(13)18-7-2-14(10-22-18)11-23-19-24-17(12-26-19)15-3-5-16(20)6-4-15/h2-10,12H,11H2,1H3,(H,23,24). The third-order valence-corrected chi connectivity index (χ3v) is 4.77. The molecule has 26 heavy (non-hydrogen) atoms. The Balaban J connectivity index is 1.41. The first-order valence-electron chi connectivity index (χ1n) is 8.09. The highest BCUT2D eigenvalue weighted by molar-refractivity contribution is 7.14. The van der Waals surface area contributed by atoms with Crippen molar-refractivity contribution >= 4 is 16.5 Å². The number of benzene rings is 1. The summed E-state index contributed by atoms with van der Waals surface area (Å²) >= 11 is 1.52. The van der Waals surface area contributed by atoms with E-state index in [1.807, 2.05) is 41.4 Å². The molecule has 0 aliphatic carbocycles. The number of imidazole rings is 1. The number of nitrogens with one attached hydrogen (secondary N) is 1. The quantitative estimate of drug-likeness (QED) is 0.568. The number of hydrogen-bond acceptors (Lipinski definition) is 5. The Bertz CT molecular complexity index is 1010. The Morgan fingerprint density at radius 3 is 2.65 bits per heavy atom. The molecule has 3 aromatic heterocycles. The van der Waals surface area contributed by atoms with E-state index < -0.39 is 0 Å². The first-order chi connectivity index (χ1) is 12.7. The number of hydrogen-bond donors (Lipinski definition) is 1. The van der Waals surface area contributed by atoms with Crippen LogP contribution in [0.1, 0.15) is 11.4 Å². The fourth-order valence-corrected chi connectivity index (χ4v) is 3.29. The van der Waals surface area contributed by atoms with Crippen molar-refractivity contribution < 1.29 is 4.39 Å². The largest absolute Gasteiger partial charge is 0.357 e. The average molecular weight is 365 g/mol. The third kappa shape index (κ3) is 3.48. The van der Waals surface area contributed by atoms with Crippen molar-refractivity contribution in [3.8, 4) is 17.1 Å². The smallest absolute Gasteiger partial charge is 0.183 e. The van der Waals surface area contributed by atoms with Gasteiger partial charge in [-0.2, -0.15) is 0 Å². The van der Waals surface area contributed by atoms with Crippen molar-refractivity contribution in [2.24, 2.45) is 0 Å². The number of rotatable bonds is 5. The first-order valence-corrected chi connectivity index (χ1v) is 8.97. The maximum atomic E-state index is 13.0. The lowest BCUT2D eigenvalue weighted by atomic mass is 10.2. The molecule has 4 rings (SSSR count). The van der Waals surface area contributed by atoms with Crippen LogP contribution in [0.3, 0.4) is 0 Å². The minimum absolute atomic E-state index is 0.246. The van der Waals surface area contributed by atoms with Crippen LogP contribution in [0, 0.1) is 12.7 Å². The first kappa shape index (κ1) is 16.4. The van der Waals surface area contributed by atoms with E-state index in [4.69, 9.17) is 0 Å². The summed E-state index contributed by atoms with van der Waals surface area (Å²) in [4.78, 5) is 13.2. The summed E-state index contributed by atoms with van der Waals surface area (Å²) in [5, 5.41) is 6.08. The van der Waals surface area contributed by atoms with Gasteiger partial charge in [0.25, 0.3) is 0 Å². The van der Waals surface area contributed by atoms with Gasteiger partial charge in [0.15, 0.2) is 5.13 Å². The zero-order valence-electron chi connectivity index (χ0n) is 14.1. The Kier molecular flexibility index (Phi) is 4.45. The number of nitrogens with zero attached hydrogens (tertiary/aromatic N) is 4. The number of pyridine rings is 1. The molecule has 0 aliphatic rings. The highest BCUT2D eigenvalue weighted by Crippen LogP contribution is 2.25. The van der Waals surface area contributed by atoms with Crippen molar-refractivity contribution in [1.82, 2.24) is 19.5 Å². The molecule has 0 fully saturated rings. The molecule has 3 heterocycles. The summed E-state index contributed by atoms with van der Waals surface area (Å²) in [5.74, 6) is 1.50. The van der Waals surface area contributed by atoms with Crippen molar-refractivity contribution in [1.29, 1.82) is 0 Å². The van der Waals surface area contributed by atoms with E-state index in [1.165, 1.54) is 23.5 Å². The van der Waals surface area contributed by atoms with Gasteiger partial charge in [-0.25, -0.2) is 19.3 Å². The topological polar surface area (TPSA) is 55.6 Å². The van der Waals surface area contributed by atoms with Crippen LogP contribution in [0.2, 0.25) is 0 Å². The number of aromatic nitrogens is 4. The molecule has 0 bridgehead atoms. The van der Waals surface area contributed by atoms with Crippen LogP contribution in [-0.4, -0.2) is 19.5 Å². The molecule has 5 nitrogen and oxygen atoms in total. The SMILES string of the molecule is Cc1nccn1-c1ccc(CNc2nc(-c3ccc(F)cc3)cs2)cn1. The zero-order valence-corrected chi connectivity index (χ0v) is 14.9. The van der Waals surface area contributed by atoms with Crippen LogP contribution >= 0.6 is 11.3 Å². The Morgan fingerprint density at radius 1 is 1.12 bits per heavy atom. The number of anilines is 1. The van der Waals surface area contributed by atoms with Crippen molar-refractivity contribution in [3.05, 3.63) is 77.6 Å². The molecule has 0 radical (unpaired) electrons. The fraction of sp³-hybridized carbons (Fsp3) is 0.105. The molecule has 0 saturated heterocycles. The lowest BCUT2D eigenvalue weighted by Crippen LogP contribution is -2.02. The summed E-state index contributed by atoms with van der Waals surface area (Å²) in [5.41, 5.74) is 2.80. The monoisotopic (exact) mass is 365 g/mol. The highest BCUT2D eigenvalue weighted by atomic mass is 32.1. The summed E-state index contributed by atoms with van der Waals surface area (Å²) < 4.78 is 15.0. The second-order valence-electron chi connectivity index (χ2n) is 5.77. The van der Waals surface area contributed by atoms with Crippen LogP contribution in [0.15, 0.2) is 60.4 Å². The lowest BCUT2D eigenvalue weighted by molar-refractivity contribution is 0.628. The Labute approximate surface area is 154 Å². The molecule has 0 amide bonds. The van der Waals surface area contributed by atoms with Crippen LogP contribution < -0.4 is 5.32 Å². The predicted molar refractivity (Wildman–Crippen MR) is 101 cm³/mol. The molecule has 4 aromatic rings. The van der Waals surface area contributed by atoms with E-state index in [-0.39, 0.29) is 5.82 Å². The number of halogens is 1. The van der Waals surface area contributed by atoms with Gasteiger partial charge in [-0.15, -0.1) is 11.3 Å². The molecule has 0 aliphatic heterocycles. The van der Waals surface area contributed by atoms with Crippen LogP contribution in [-0.2, 0) is 6.54 Å². The predicted octanol–water partition coefficient (Wildman–Crippen LogP) is 4.45. The van der Waals surface area contributed by atoms with Gasteiger partial charge < -0.3 is 5.32 Å². The van der Waals surface area contributed by atoms with Crippen LogP contribution in [0.4, 0.5) is 9.52 Å². The maximum Gasteiger partial charge on any atom is 0.183 e. The zero-order chi connectivity index (χ0) is 17.9. The molecule has 130 valence electrons. The van der Waals surface area contributed by atoms with E-state index in [0.717, 1.165) is 33.6 Å². The molecular weight excluding hydrogens is 349 g/mol. The normalized spacial score (nSPS) is 10.8. The van der Waals surface area contributed by atoms with Gasteiger partial charge in [0.05, 0.1) is 5.69 Å². The van der Waals surface area contributed by atoms with Gasteiger partial charge in [0.1, 0.15) is 17.5 Å². The summed E-state index contributed by atoms with van der Waals surface area (Å²) in [7, 11) is 0. The van der Waals surface area contributed by atoms with Gasteiger partial charge in [0.2, 0.25) is 0 Å². The molecule has 0 atom stereocenters. The molecule has 1 aromatic carbocycles. The fourth-order valence-electron chi connectivity index (χ4n) is 2.57. The molecule has 1 N–H and O–H groups in total. The van der Waals surface area contributed by atoms with Gasteiger partial charge in [0, 0.05) is 36.1 Å². The van der Waals surface area contributed by atoms with Crippen molar-refractivity contribution in [2.45, 2.75) is 13.5 Å². The summed E-state index contributed by atoms with van der Waals surface area (Å²) in [6.07, 6.45) is 5.49. The minimum Gasteiger partial charge on any atom is -0.357 e. The second-order valence-corrected chi connectivity index (χ2v) is 6.63. The summed E-state index contributed by atoms with van der Waals surface area (Å²) in [6, 6.07) is 10.3. The van der Waals surface area contributed by atoms with E-state index in [2.05, 4.69) is 20.3 Å². The second kappa shape index (κ2) is 7.05. The summed E-state index contributed by atoms with van der Waals surface area (Å²) in [6.45, 7) is 2.57. The van der Waals surface area contributed by atoms with E-state index in [1.54, 1.807) is 18.3 Å². The molecule has 7 heteroatoms. The molecule has 0 spiro atoms. The van der Waals surface area contributed by atoms with Crippen molar-refractivity contribution in [2.75, 3.05) is 5.32 Å². The minimum atomic E-state index is -0.246. The van der Waals surface area contributed by atoms with Crippen molar-refractivity contribution in [3.63, 3.8) is 0 Å². The van der Waals surface area contributed by atoms with Gasteiger partial charge in [-0.05, 0) is 42.8 Å². The van der Waals surface area contributed by atoms with E-state index in [0.29, 0.717) is 6.54 Å². The van der Waals surface area contributed by atoms with Crippen LogP contribution in [0.25, 0.3) is 17.1 Å². The van der Waals surface area contributed by atoms with E-state index >= 15 is 0 Å². The number of thiazole rings is 1. The molecular formula is C19H16FN5S. The van der Waals surface area contributed by atoms with Gasteiger partial charge in [-0.1, -0.05) is 6.07 Å². The molecule has 0 unspecified atom stereocenters. The maximum absolute atomic E-state index is 13.0. The van der Waals surface area contributed by atoms with Gasteiger partial charge >= 0.3 is 0 Å². The molecule has 0 saturated carbocycles. The lowest BCUT2D eigenvalue weighted by Gasteiger charge is -2.06.